The summed E-state index contributed by atoms with van der Waals surface area (Å²) >= 11 is 0. The number of fused-ring (bicyclic) bond motifs is 3. The molecule has 2 heteroatoms. The molecule has 0 amide bonds. The third-order valence-corrected chi connectivity index (χ3v) is 6.86. The van der Waals surface area contributed by atoms with E-state index in [4.69, 9.17) is 4.74 Å². The number of anilines is 3. The maximum Gasteiger partial charge on any atom is 0.152 e. The van der Waals surface area contributed by atoms with Crippen molar-refractivity contribution in [1.82, 2.24) is 0 Å². The van der Waals surface area contributed by atoms with Crippen molar-refractivity contribution in [3.63, 3.8) is 0 Å². The zero-order chi connectivity index (χ0) is 23.9. The van der Waals surface area contributed by atoms with Crippen molar-refractivity contribution in [3.8, 4) is 33.8 Å². The second-order valence-corrected chi connectivity index (χ2v) is 9.03. The van der Waals surface area contributed by atoms with E-state index in [-0.39, 0.29) is 0 Å². The van der Waals surface area contributed by atoms with Crippen molar-refractivity contribution in [2.24, 2.45) is 0 Å². The smallest absolute Gasteiger partial charge is 0.152 e. The van der Waals surface area contributed by atoms with Crippen molar-refractivity contribution in [1.29, 1.82) is 0 Å². The van der Waals surface area contributed by atoms with Gasteiger partial charge in [0.15, 0.2) is 11.5 Å². The maximum atomic E-state index is 6.39. The van der Waals surface area contributed by atoms with Gasteiger partial charge < -0.3 is 9.64 Å². The van der Waals surface area contributed by atoms with Crippen LogP contribution in [0.25, 0.3) is 33.0 Å². The minimum absolute atomic E-state index is 0.855. The SMILES string of the molecule is c1ccc(-c2ccc3c(c2)Oc2ccccc2N3c2ccc(-c3cccc4ccccc34)cc2)cc1. The highest BCUT2D eigenvalue weighted by Crippen LogP contribution is 2.51. The van der Waals surface area contributed by atoms with E-state index in [9.17, 15) is 0 Å². The fourth-order valence-corrected chi connectivity index (χ4v) is 5.11. The van der Waals surface area contributed by atoms with Crippen LogP contribution in [0.1, 0.15) is 0 Å². The molecule has 170 valence electrons. The van der Waals surface area contributed by atoms with Crippen molar-refractivity contribution in [2.45, 2.75) is 0 Å². The van der Waals surface area contributed by atoms with Crippen LogP contribution in [-0.2, 0) is 0 Å². The van der Waals surface area contributed by atoms with Gasteiger partial charge in [0.2, 0.25) is 0 Å². The molecule has 1 aliphatic heterocycles. The van der Waals surface area contributed by atoms with Crippen LogP contribution in [0.2, 0.25) is 0 Å². The summed E-state index contributed by atoms with van der Waals surface area (Å²) in [5, 5.41) is 2.52. The first-order valence-corrected chi connectivity index (χ1v) is 12.2. The molecule has 6 aromatic rings. The summed E-state index contributed by atoms with van der Waals surface area (Å²) in [7, 11) is 0. The Morgan fingerprint density at radius 2 is 1.14 bits per heavy atom. The van der Waals surface area contributed by atoms with Crippen LogP contribution in [0.3, 0.4) is 0 Å². The van der Waals surface area contributed by atoms with Gasteiger partial charge in [-0.05, 0) is 69.4 Å². The van der Waals surface area contributed by atoms with Crippen LogP contribution >= 0.6 is 0 Å². The average molecular weight is 462 g/mol. The normalized spacial score (nSPS) is 12.1. The van der Waals surface area contributed by atoms with Gasteiger partial charge in [0.1, 0.15) is 0 Å². The van der Waals surface area contributed by atoms with Gasteiger partial charge in [0, 0.05) is 5.69 Å². The van der Waals surface area contributed by atoms with E-state index < -0.39 is 0 Å². The molecule has 7 rings (SSSR count). The summed E-state index contributed by atoms with van der Waals surface area (Å²) in [5.41, 5.74) is 7.94. The second-order valence-electron chi connectivity index (χ2n) is 9.03. The molecule has 0 fully saturated rings. The van der Waals surface area contributed by atoms with Crippen molar-refractivity contribution in [3.05, 3.63) is 140 Å². The van der Waals surface area contributed by atoms with Crippen molar-refractivity contribution < 1.29 is 4.74 Å². The molecule has 0 N–H and O–H groups in total. The first kappa shape index (κ1) is 20.5. The third-order valence-electron chi connectivity index (χ3n) is 6.86. The molecule has 0 saturated heterocycles. The van der Waals surface area contributed by atoms with Crippen LogP contribution < -0.4 is 9.64 Å². The minimum atomic E-state index is 0.855. The summed E-state index contributed by atoms with van der Waals surface area (Å²) in [5.74, 6) is 1.71. The van der Waals surface area contributed by atoms with Crippen molar-refractivity contribution >= 4 is 27.8 Å². The molecule has 6 aromatic carbocycles. The van der Waals surface area contributed by atoms with Gasteiger partial charge in [0.25, 0.3) is 0 Å². The lowest BCUT2D eigenvalue weighted by molar-refractivity contribution is 0.477. The fraction of sp³-hybridized carbons (Fsp3) is 0. The van der Waals surface area contributed by atoms with E-state index >= 15 is 0 Å². The van der Waals surface area contributed by atoms with Gasteiger partial charge in [-0.15, -0.1) is 0 Å². The zero-order valence-corrected chi connectivity index (χ0v) is 19.6. The first-order chi connectivity index (χ1) is 17.8. The van der Waals surface area contributed by atoms with Crippen molar-refractivity contribution in [2.75, 3.05) is 4.90 Å². The zero-order valence-electron chi connectivity index (χ0n) is 19.6. The summed E-state index contributed by atoms with van der Waals surface area (Å²) in [6.45, 7) is 0. The lowest BCUT2D eigenvalue weighted by Crippen LogP contribution is -2.15. The average Bonchev–Trinajstić information content (AvgIpc) is 2.96. The van der Waals surface area contributed by atoms with E-state index in [1.165, 1.54) is 27.5 Å². The van der Waals surface area contributed by atoms with Gasteiger partial charge in [-0.1, -0.05) is 103 Å². The van der Waals surface area contributed by atoms with E-state index in [2.05, 4.69) is 126 Å². The molecular weight excluding hydrogens is 438 g/mol. The molecule has 0 unspecified atom stereocenters. The van der Waals surface area contributed by atoms with Gasteiger partial charge in [-0.25, -0.2) is 0 Å². The third kappa shape index (κ3) is 3.43. The van der Waals surface area contributed by atoms with Crippen LogP contribution in [0.15, 0.2) is 140 Å². The maximum absolute atomic E-state index is 6.39. The fourth-order valence-electron chi connectivity index (χ4n) is 5.11. The Morgan fingerprint density at radius 3 is 2.03 bits per heavy atom. The standard InChI is InChI=1S/C34H23NO/c1-2-9-24(10-3-1)27-19-22-32-34(23-27)36-33-16-7-6-15-31(33)35(32)28-20-17-26(18-21-28)30-14-8-12-25-11-4-5-13-29(25)30/h1-23H. The predicted octanol–water partition coefficient (Wildman–Crippen LogP) is 9.75. The van der Waals surface area contributed by atoms with Crippen LogP contribution in [0.4, 0.5) is 17.1 Å². The molecule has 36 heavy (non-hydrogen) atoms. The molecule has 0 atom stereocenters. The molecule has 0 bridgehead atoms. The van der Waals surface area contributed by atoms with Gasteiger partial charge in [-0.2, -0.15) is 0 Å². The van der Waals surface area contributed by atoms with Gasteiger partial charge in [-0.3, -0.25) is 0 Å². The molecule has 1 heterocycles. The Hall–Kier alpha value is -4.82. The Balaban J connectivity index is 1.33. The largest absolute Gasteiger partial charge is 0.453 e. The van der Waals surface area contributed by atoms with E-state index in [1.807, 2.05) is 18.2 Å². The number of ether oxygens (including phenoxy) is 1. The quantitative estimate of drug-likeness (QED) is 0.260. The van der Waals surface area contributed by atoms with Gasteiger partial charge in [0.05, 0.1) is 11.4 Å². The van der Waals surface area contributed by atoms with E-state index in [0.29, 0.717) is 0 Å². The van der Waals surface area contributed by atoms with Crippen LogP contribution in [0, 0.1) is 0 Å². The monoisotopic (exact) mass is 461 g/mol. The van der Waals surface area contributed by atoms with Crippen LogP contribution in [-0.4, -0.2) is 0 Å². The van der Waals surface area contributed by atoms with Gasteiger partial charge >= 0.3 is 0 Å². The molecule has 2 nitrogen and oxygen atoms in total. The Kier molecular flexibility index (Phi) is 4.82. The highest BCUT2D eigenvalue weighted by Gasteiger charge is 2.26. The molecular formula is C34H23NO. The molecule has 0 aromatic heterocycles. The number of rotatable bonds is 3. The second kappa shape index (κ2) is 8.44. The summed E-state index contributed by atoms with van der Waals surface area (Å²) in [6, 6.07) is 49.0. The lowest BCUT2D eigenvalue weighted by Gasteiger charge is -2.33. The number of nitrogens with zero attached hydrogens (tertiary/aromatic N) is 1. The highest BCUT2D eigenvalue weighted by molar-refractivity contribution is 5.97. The lowest BCUT2D eigenvalue weighted by atomic mass is 9.98. The Morgan fingerprint density at radius 1 is 0.444 bits per heavy atom. The number of para-hydroxylation sites is 2. The molecule has 1 aliphatic rings. The first-order valence-electron chi connectivity index (χ1n) is 12.2. The van der Waals surface area contributed by atoms with E-state index in [1.54, 1.807) is 0 Å². The Labute approximate surface area is 210 Å². The highest BCUT2D eigenvalue weighted by atomic mass is 16.5. The number of hydrogen-bond acceptors (Lipinski definition) is 2. The molecule has 0 saturated carbocycles. The van der Waals surface area contributed by atoms with Crippen LogP contribution in [0.5, 0.6) is 11.5 Å². The summed E-state index contributed by atoms with van der Waals surface area (Å²) in [4.78, 5) is 2.29. The van der Waals surface area contributed by atoms with E-state index in [0.717, 1.165) is 34.1 Å². The number of hydrogen-bond donors (Lipinski definition) is 0. The predicted molar refractivity (Wildman–Crippen MR) is 150 cm³/mol. The summed E-state index contributed by atoms with van der Waals surface area (Å²) < 4.78 is 6.39. The minimum Gasteiger partial charge on any atom is -0.453 e. The number of benzene rings is 6. The Bertz CT molecular complexity index is 1700. The molecule has 0 spiro atoms. The molecule has 0 aliphatic carbocycles. The topological polar surface area (TPSA) is 12.5 Å². The summed E-state index contributed by atoms with van der Waals surface area (Å²) in [6.07, 6.45) is 0. The molecule has 0 radical (unpaired) electrons.